The van der Waals surface area contributed by atoms with Gasteiger partial charge in [0.2, 0.25) is 5.91 Å². The molecule has 18 heavy (non-hydrogen) atoms. The summed E-state index contributed by atoms with van der Waals surface area (Å²) in [4.78, 5) is 13.4. The van der Waals surface area contributed by atoms with E-state index in [0.29, 0.717) is 17.9 Å². The summed E-state index contributed by atoms with van der Waals surface area (Å²) in [7, 11) is 1.78. The second-order valence-corrected chi connectivity index (χ2v) is 4.28. The Labute approximate surface area is 108 Å². The Morgan fingerprint density at radius 1 is 1.50 bits per heavy atom. The molecule has 0 saturated heterocycles. The summed E-state index contributed by atoms with van der Waals surface area (Å²) in [5.74, 6) is -0.116. The molecule has 1 amide bonds. The van der Waals surface area contributed by atoms with E-state index in [1.54, 1.807) is 18.0 Å². The van der Waals surface area contributed by atoms with Crippen LogP contribution in [0.2, 0.25) is 0 Å². The topological polar surface area (TPSA) is 78.6 Å². The van der Waals surface area contributed by atoms with Crippen LogP contribution in [0.1, 0.15) is 12.5 Å². The maximum atomic E-state index is 11.7. The normalized spacial score (nSPS) is 10.7. The van der Waals surface area contributed by atoms with Crippen molar-refractivity contribution in [1.29, 1.82) is 0 Å². The molecule has 1 rings (SSSR count). The summed E-state index contributed by atoms with van der Waals surface area (Å²) < 4.78 is 0. The number of nitrogens with zero attached hydrogens (tertiary/aromatic N) is 1. The highest BCUT2D eigenvalue weighted by atomic mass is 16.3. The Kier molecular flexibility index (Phi) is 5.61. The van der Waals surface area contributed by atoms with E-state index in [1.165, 1.54) is 0 Å². The first-order chi connectivity index (χ1) is 8.56. The van der Waals surface area contributed by atoms with Crippen molar-refractivity contribution in [2.45, 2.75) is 13.3 Å². The highest BCUT2D eigenvalue weighted by Crippen LogP contribution is 2.18. The monoisotopic (exact) mass is 251 g/mol. The van der Waals surface area contributed by atoms with Gasteiger partial charge in [-0.1, -0.05) is 13.0 Å². The molecule has 0 aliphatic carbocycles. The van der Waals surface area contributed by atoms with Crippen LogP contribution in [-0.4, -0.2) is 42.7 Å². The number of aryl methyl sites for hydroxylation is 1. The number of hydrogen-bond donors (Lipinski definition) is 3. The minimum atomic E-state index is -0.116. The van der Waals surface area contributed by atoms with Crippen LogP contribution >= 0.6 is 0 Å². The average molecular weight is 251 g/mol. The van der Waals surface area contributed by atoms with E-state index in [-0.39, 0.29) is 19.1 Å². The highest BCUT2D eigenvalue weighted by molar-refractivity contribution is 5.92. The smallest absolute Gasteiger partial charge is 0.238 e. The molecule has 0 heterocycles. The van der Waals surface area contributed by atoms with Crippen LogP contribution in [0.5, 0.6) is 0 Å². The quantitative estimate of drug-likeness (QED) is 0.650. The predicted octanol–water partition coefficient (Wildman–Crippen LogP) is 0.694. The Morgan fingerprint density at radius 2 is 2.22 bits per heavy atom. The van der Waals surface area contributed by atoms with Gasteiger partial charge in [-0.15, -0.1) is 0 Å². The van der Waals surface area contributed by atoms with Crippen LogP contribution in [0.3, 0.4) is 0 Å². The summed E-state index contributed by atoms with van der Waals surface area (Å²) in [5, 5.41) is 11.5. The molecule has 1 aromatic carbocycles. The Hall–Kier alpha value is -1.59. The number of nitrogens with two attached hydrogens (primary N) is 1. The molecular weight excluding hydrogens is 230 g/mol. The minimum absolute atomic E-state index is 0.0436. The van der Waals surface area contributed by atoms with Crippen molar-refractivity contribution in [2.24, 2.45) is 0 Å². The standard InChI is InChI=1S/C13H21N3O2/c1-3-10-4-5-11(8-12(10)14)15-13(18)9-16(2)6-7-17/h4-5,8,17H,3,6-7,9,14H2,1-2H3,(H,15,18). The molecule has 0 radical (unpaired) electrons. The van der Waals surface area contributed by atoms with Crippen LogP contribution in [0.15, 0.2) is 18.2 Å². The SMILES string of the molecule is CCc1ccc(NC(=O)CN(C)CCO)cc1N. The van der Waals surface area contributed by atoms with Gasteiger partial charge in [0.25, 0.3) is 0 Å². The molecule has 0 aromatic heterocycles. The number of carbonyl (C=O) groups is 1. The van der Waals surface area contributed by atoms with Gasteiger partial charge in [-0.05, 0) is 31.2 Å². The maximum absolute atomic E-state index is 11.7. The van der Waals surface area contributed by atoms with Gasteiger partial charge in [0.1, 0.15) is 0 Å². The molecular formula is C13H21N3O2. The second kappa shape index (κ2) is 6.98. The van der Waals surface area contributed by atoms with Crippen LogP contribution in [0.25, 0.3) is 0 Å². The summed E-state index contributed by atoms with van der Waals surface area (Å²) >= 11 is 0. The van der Waals surface area contributed by atoms with Crippen LogP contribution in [0.4, 0.5) is 11.4 Å². The third-order valence-electron chi connectivity index (χ3n) is 2.71. The summed E-state index contributed by atoms with van der Waals surface area (Å²) in [5.41, 5.74) is 8.33. The van der Waals surface area contributed by atoms with E-state index in [1.807, 2.05) is 19.1 Å². The van der Waals surface area contributed by atoms with Gasteiger partial charge in [0.05, 0.1) is 13.2 Å². The first kappa shape index (κ1) is 14.5. The zero-order chi connectivity index (χ0) is 13.5. The number of carbonyl (C=O) groups excluding carboxylic acids is 1. The molecule has 0 aliphatic rings. The molecule has 0 atom stereocenters. The molecule has 4 N–H and O–H groups in total. The summed E-state index contributed by atoms with van der Waals surface area (Å²) in [6.07, 6.45) is 0.874. The van der Waals surface area contributed by atoms with E-state index < -0.39 is 0 Å². The number of aliphatic hydroxyl groups excluding tert-OH is 1. The predicted molar refractivity (Wildman–Crippen MR) is 73.4 cm³/mol. The fourth-order valence-electron chi connectivity index (χ4n) is 1.69. The molecule has 100 valence electrons. The zero-order valence-corrected chi connectivity index (χ0v) is 10.9. The maximum Gasteiger partial charge on any atom is 0.238 e. The van der Waals surface area contributed by atoms with Crippen LogP contribution in [-0.2, 0) is 11.2 Å². The molecule has 5 heteroatoms. The number of hydrogen-bond acceptors (Lipinski definition) is 4. The van der Waals surface area contributed by atoms with Crippen molar-refractivity contribution in [3.63, 3.8) is 0 Å². The van der Waals surface area contributed by atoms with Gasteiger partial charge < -0.3 is 16.2 Å². The molecule has 0 aliphatic heterocycles. The Balaban J connectivity index is 2.57. The molecule has 0 saturated carbocycles. The number of nitrogen functional groups attached to an aromatic ring is 1. The van der Waals surface area contributed by atoms with Crippen LogP contribution < -0.4 is 11.1 Å². The molecule has 1 aromatic rings. The lowest BCUT2D eigenvalue weighted by molar-refractivity contribution is -0.117. The Bertz CT molecular complexity index is 407. The van der Waals surface area contributed by atoms with Crippen molar-refractivity contribution in [1.82, 2.24) is 4.90 Å². The third kappa shape index (κ3) is 4.35. The number of anilines is 2. The van der Waals surface area contributed by atoms with E-state index in [2.05, 4.69) is 5.32 Å². The molecule has 5 nitrogen and oxygen atoms in total. The molecule has 0 unspecified atom stereocenters. The fourth-order valence-corrected chi connectivity index (χ4v) is 1.69. The minimum Gasteiger partial charge on any atom is -0.398 e. The van der Waals surface area contributed by atoms with E-state index in [0.717, 1.165) is 12.0 Å². The van der Waals surface area contributed by atoms with Crippen molar-refractivity contribution in [3.05, 3.63) is 23.8 Å². The van der Waals surface area contributed by atoms with Gasteiger partial charge >= 0.3 is 0 Å². The number of likely N-dealkylation sites (N-methyl/N-ethyl adjacent to an activating group) is 1. The molecule has 0 bridgehead atoms. The first-order valence-corrected chi connectivity index (χ1v) is 6.04. The number of amides is 1. The van der Waals surface area contributed by atoms with Crippen molar-refractivity contribution < 1.29 is 9.90 Å². The Morgan fingerprint density at radius 3 is 2.78 bits per heavy atom. The van der Waals surface area contributed by atoms with Gasteiger partial charge in [0, 0.05) is 17.9 Å². The third-order valence-corrected chi connectivity index (χ3v) is 2.71. The first-order valence-electron chi connectivity index (χ1n) is 6.04. The van der Waals surface area contributed by atoms with Gasteiger partial charge in [-0.2, -0.15) is 0 Å². The number of aliphatic hydroxyl groups is 1. The van der Waals surface area contributed by atoms with E-state index in [4.69, 9.17) is 10.8 Å². The fraction of sp³-hybridized carbons (Fsp3) is 0.462. The summed E-state index contributed by atoms with van der Waals surface area (Å²) in [6.45, 7) is 2.80. The summed E-state index contributed by atoms with van der Waals surface area (Å²) in [6, 6.07) is 5.53. The van der Waals surface area contributed by atoms with Crippen molar-refractivity contribution in [3.8, 4) is 0 Å². The molecule has 0 fully saturated rings. The van der Waals surface area contributed by atoms with Gasteiger partial charge in [-0.3, -0.25) is 9.69 Å². The number of rotatable bonds is 6. The zero-order valence-electron chi connectivity index (χ0n) is 10.9. The lowest BCUT2D eigenvalue weighted by Gasteiger charge is -2.15. The largest absolute Gasteiger partial charge is 0.398 e. The van der Waals surface area contributed by atoms with Gasteiger partial charge in [-0.25, -0.2) is 0 Å². The number of benzene rings is 1. The number of nitrogens with one attached hydrogen (secondary N) is 1. The van der Waals surface area contributed by atoms with Crippen LogP contribution in [0, 0.1) is 0 Å². The lowest BCUT2D eigenvalue weighted by Crippen LogP contribution is -2.32. The van der Waals surface area contributed by atoms with Crippen molar-refractivity contribution >= 4 is 17.3 Å². The average Bonchev–Trinajstić information content (AvgIpc) is 2.29. The van der Waals surface area contributed by atoms with E-state index in [9.17, 15) is 4.79 Å². The van der Waals surface area contributed by atoms with Gasteiger partial charge in [0.15, 0.2) is 0 Å². The van der Waals surface area contributed by atoms with E-state index >= 15 is 0 Å². The highest BCUT2D eigenvalue weighted by Gasteiger charge is 2.07. The molecule has 0 spiro atoms. The lowest BCUT2D eigenvalue weighted by atomic mass is 10.1. The second-order valence-electron chi connectivity index (χ2n) is 4.28. The van der Waals surface area contributed by atoms with Crippen molar-refractivity contribution in [2.75, 3.05) is 37.8 Å².